The van der Waals surface area contributed by atoms with Gasteiger partial charge >= 0.3 is 6.09 Å². The van der Waals surface area contributed by atoms with Gasteiger partial charge in [-0.3, -0.25) is 19.1 Å². The number of fused-ring (bicyclic) bond motifs is 4. The molecule has 1 aromatic carbocycles. The van der Waals surface area contributed by atoms with Crippen LogP contribution in [0.1, 0.15) is 85.1 Å². The first kappa shape index (κ1) is 39.6. The fourth-order valence-corrected chi connectivity index (χ4v) is 9.58. The third kappa shape index (κ3) is 7.70. The number of carbonyl (C=O) groups is 4. The summed E-state index contributed by atoms with van der Waals surface area (Å²) in [6.45, 7) is 16.2. The Morgan fingerprint density at radius 1 is 1.12 bits per heavy atom. The second-order valence-electron chi connectivity index (χ2n) is 18.0. The SMILES string of the molecule is C=C[C@@H]1C[C@]1(NC(=O)[C@@H]1C[C@@H]2CN1C(=O)[C@H](C(C)(C)C)NC(=O)OCC(C)(C)CCCCn1cc(C)c3c4ccccc4nc(c31)O2)C(=O)NS(=O)(=O)C1CC1. The van der Waals surface area contributed by atoms with Gasteiger partial charge in [-0.2, -0.15) is 0 Å². The molecule has 5 atom stereocenters. The maximum absolute atomic E-state index is 14.7. The third-order valence-corrected chi connectivity index (χ3v) is 13.5. The lowest BCUT2D eigenvalue weighted by atomic mass is 9.85. The van der Waals surface area contributed by atoms with E-state index < -0.39 is 74.1 Å². The molecule has 1 saturated heterocycles. The van der Waals surface area contributed by atoms with E-state index in [4.69, 9.17) is 14.5 Å². The first-order valence-electron chi connectivity index (χ1n) is 19.6. The zero-order valence-corrected chi connectivity index (χ0v) is 34.0. The smallest absolute Gasteiger partial charge is 0.407 e. The second-order valence-corrected chi connectivity index (χ2v) is 19.9. The Morgan fingerprint density at radius 3 is 2.54 bits per heavy atom. The number of sulfonamides is 1. The first-order valence-corrected chi connectivity index (χ1v) is 21.2. The number of ether oxygens (including phenoxy) is 2. The number of hydrogen-bond acceptors (Lipinski definition) is 9. The van der Waals surface area contributed by atoms with Crippen molar-refractivity contribution in [2.45, 2.75) is 122 Å². The van der Waals surface area contributed by atoms with E-state index in [2.05, 4.69) is 39.6 Å². The highest BCUT2D eigenvalue weighted by Gasteiger charge is 2.62. The number of pyridine rings is 1. The Hall–Kier alpha value is -4.66. The van der Waals surface area contributed by atoms with E-state index in [0.29, 0.717) is 25.3 Å². The van der Waals surface area contributed by atoms with E-state index in [-0.39, 0.29) is 31.4 Å². The van der Waals surface area contributed by atoms with Crippen molar-refractivity contribution in [2.75, 3.05) is 13.2 Å². The number of hydrogen-bond donors (Lipinski definition) is 3. The highest BCUT2D eigenvalue weighted by molar-refractivity contribution is 7.91. The normalized spacial score (nSPS) is 27.4. The number of aryl methyl sites for hydroxylation is 2. The summed E-state index contributed by atoms with van der Waals surface area (Å²) in [7, 11) is -3.90. The topological polar surface area (TPSA) is 178 Å². The number of benzene rings is 1. The minimum atomic E-state index is -3.90. The molecule has 4 aliphatic rings. The summed E-state index contributed by atoms with van der Waals surface area (Å²) in [4.78, 5) is 62.5. The van der Waals surface area contributed by atoms with E-state index in [9.17, 15) is 27.6 Å². The molecule has 15 heteroatoms. The fourth-order valence-electron chi connectivity index (χ4n) is 8.21. The molecule has 2 aromatic heterocycles. The van der Waals surface area contributed by atoms with Crippen molar-refractivity contribution in [3.05, 3.63) is 48.7 Å². The molecule has 4 heterocycles. The Bertz CT molecular complexity index is 2210. The molecule has 3 N–H and O–H groups in total. The molecule has 56 heavy (non-hydrogen) atoms. The number of amides is 4. The number of cyclic esters (lactones) is 1. The Labute approximate surface area is 328 Å². The molecule has 0 unspecified atom stereocenters. The van der Waals surface area contributed by atoms with Gasteiger partial charge in [-0.1, -0.05) is 65.3 Å². The highest BCUT2D eigenvalue weighted by atomic mass is 32.2. The summed E-state index contributed by atoms with van der Waals surface area (Å²) in [5, 5.41) is 7.00. The molecule has 2 saturated carbocycles. The molecule has 2 aliphatic heterocycles. The molecule has 2 aliphatic carbocycles. The van der Waals surface area contributed by atoms with Gasteiger partial charge in [0.15, 0.2) is 0 Å². The van der Waals surface area contributed by atoms with Gasteiger partial charge in [0.2, 0.25) is 27.7 Å². The maximum atomic E-state index is 14.7. The van der Waals surface area contributed by atoms with Gasteiger partial charge in [0.05, 0.1) is 23.9 Å². The van der Waals surface area contributed by atoms with Crippen LogP contribution >= 0.6 is 0 Å². The number of alkyl carbamates (subject to hydrolysis) is 1. The van der Waals surface area contributed by atoms with Crippen LogP contribution in [-0.4, -0.2) is 88.8 Å². The van der Waals surface area contributed by atoms with Crippen LogP contribution in [-0.2, 0) is 35.7 Å². The van der Waals surface area contributed by atoms with Gasteiger partial charge in [0, 0.05) is 35.9 Å². The largest absolute Gasteiger partial charge is 0.471 e. The van der Waals surface area contributed by atoms with Crippen molar-refractivity contribution in [3.63, 3.8) is 0 Å². The van der Waals surface area contributed by atoms with Gasteiger partial charge in [-0.25, -0.2) is 18.2 Å². The number of nitrogens with one attached hydrogen (secondary N) is 3. The summed E-state index contributed by atoms with van der Waals surface area (Å²) in [5.74, 6) is -2.14. The van der Waals surface area contributed by atoms with E-state index in [1.807, 2.05) is 58.9 Å². The van der Waals surface area contributed by atoms with Gasteiger partial charge in [0.25, 0.3) is 5.91 Å². The number of carbonyl (C=O) groups excluding carboxylic acids is 4. The standard InChI is InChI=1S/C41H54N6O8S/c1-8-25-20-41(25,37(50)45-56(52,53)27-15-16-27)44-34(48)30-19-26-22-47(30)36(49)33(39(3,4)5)43-38(51)54-23-40(6,7)17-11-12-18-46-21-24(2)31-28-13-9-10-14-29(28)42-35(55-26)32(31)46/h8-10,13-14,21,25-27,30,33H,1,11-12,15-20,22-23H2,2-7H3,(H,43,51)(H,44,48)(H,45,50)/t25-,26-,30+,33-,41-/m1/s1. The lowest BCUT2D eigenvalue weighted by Crippen LogP contribution is -2.60. The molecular formula is C41H54N6O8S. The maximum Gasteiger partial charge on any atom is 0.407 e. The Balaban J connectivity index is 1.27. The molecule has 14 nitrogen and oxygen atoms in total. The zero-order chi connectivity index (χ0) is 40.4. The summed E-state index contributed by atoms with van der Waals surface area (Å²) < 4.78 is 42.4. The van der Waals surface area contributed by atoms with Gasteiger partial charge in [-0.15, -0.1) is 6.58 Å². The lowest BCUT2D eigenvalue weighted by Gasteiger charge is -2.35. The van der Waals surface area contributed by atoms with Crippen molar-refractivity contribution < 1.29 is 37.1 Å². The molecule has 2 bridgehead atoms. The van der Waals surface area contributed by atoms with Gasteiger partial charge < -0.3 is 29.6 Å². The molecule has 3 aromatic rings. The quantitative estimate of drug-likeness (QED) is 0.294. The molecule has 4 amide bonds. The van der Waals surface area contributed by atoms with Crippen LogP contribution in [0, 0.1) is 23.7 Å². The molecular weight excluding hydrogens is 737 g/mol. The van der Waals surface area contributed by atoms with E-state index in [0.717, 1.165) is 46.6 Å². The van der Waals surface area contributed by atoms with Crippen molar-refractivity contribution in [3.8, 4) is 5.88 Å². The van der Waals surface area contributed by atoms with Crippen LogP contribution in [0.5, 0.6) is 5.88 Å². The average Bonchev–Trinajstić information content (AvgIpc) is 4.04. The van der Waals surface area contributed by atoms with Crippen LogP contribution in [0.25, 0.3) is 21.8 Å². The van der Waals surface area contributed by atoms with Crippen LogP contribution in [0.2, 0.25) is 0 Å². The Morgan fingerprint density at radius 2 is 1.86 bits per heavy atom. The molecule has 3 fully saturated rings. The number of aromatic nitrogens is 2. The second kappa shape index (κ2) is 14.4. The average molecular weight is 791 g/mol. The first-order chi connectivity index (χ1) is 26.3. The Kier molecular flexibility index (Phi) is 10.2. The van der Waals surface area contributed by atoms with Crippen LogP contribution in [0.4, 0.5) is 4.79 Å². The summed E-state index contributed by atoms with van der Waals surface area (Å²) in [6, 6.07) is 5.63. The number of rotatable bonds is 6. The molecule has 0 spiro atoms. The van der Waals surface area contributed by atoms with Crippen molar-refractivity contribution in [2.24, 2.45) is 16.7 Å². The van der Waals surface area contributed by atoms with Gasteiger partial charge in [-0.05, 0) is 61.5 Å². The van der Waals surface area contributed by atoms with Crippen molar-refractivity contribution in [1.29, 1.82) is 0 Å². The molecule has 7 rings (SSSR count). The summed E-state index contributed by atoms with van der Waals surface area (Å²) in [5.41, 5.74) is -0.0518. The fraction of sp³-hybridized carbons (Fsp3) is 0.585. The number of nitrogens with zero attached hydrogens (tertiary/aromatic N) is 3. The number of para-hydroxylation sites is 1. The third-order valence-electron chi connectivity index (χ3n) is 11.7. The minimum Gasteiger partial charge on any atom is -0.471 e. The molecule has 302 valence electrons. The summed E-state index contributed by atoms with van der Waals surface area (Å²) in [6.07, 6.45) is 5.83. The predicted octanol–water partition coefficient (Wildman–Crippen LogP) is 4.87. The summed E-state index contributed by atoms with van der Waals surface area (Å²) >= 11 is 0. The van der Waals surface area contributed by atoms with E-state index in [1.54, 1.807) is 0 Å². The van der Waals surface area contributed by atoms with E-state index in [1.165, 1.54) is 11.0 Å². The van der Waals surface area contributed by atoms with Crippen molar-refractivity contribution >= 4 is 55.6 Å². The van der Waals surface area contributed by atoms with E-state index >= 15 is 0 Å². The highest BCUT2D eigenvalue weighted by Crippen LogP contribution is 2.46. The monoisotopic (exact) mass is 790 g/mol. The predicted molar refractivity (Wildman–Crippen MR) is 211 cm³/mol. The lowest BCUT2D eigenvalue weighted by molar-refractivity contribution is -0.142. The molecule has 0 radical (unpaired) electrons. The van der Waals surface area contributed by atoms with Gasteiger partial charge in [0.1, 0.15) is 29.2 Å². The van der Waals surface area contributed by atoms with Crippen LogP contribution in [0.3, 0.4) is 0 Å². The van der Waals surface area contributed by atoms with Crippen LogP contribution < -0.4 is 20.1 Å². The van der Waals surface area contributed by atoms with Crippen molar-refractivity contribution in [1.82, 2.24) is 29.8 Å². The minimum absolute atomic E-state index is 0.0247. The zero-order valence-electron chi connectivity index (χ0n) is 33.1. The van der Waals surface area contributed by atoms with Crippen LogP contribution in [0.15, 0.2) is 43.1 Å².